The summed E-state index contributed by atoms with van der Waals surface area (Å²) in [6.07, 6.45) is 2.38. The molecular weight excluding hydrogens is 320 g/mol. The molecule has 1 aromatic carbocycles. The van der Waals surface area contributed by atoms with Crippen LogP contribution in [-0.4, -0.2) is 47.6 Å². The molecule has 0 atom stereocenters. The number of hydrogen-bond acceptors (Lipinski definition) is 5. The van der Waals surface area contributed by atoms with E-state index in [0.29, 0.717) is 25.7 Å². The SMILES string of the molecule is CCNC(=NCc1ncnn1C)Nc1cccc(OCCCOC)c1. The largest absolute Gasteiger partial charge is 0.493 e. The second-order valence-corrected chi connectivity index (χ2v) is 5.34. The molecule has 0 unspecified atom stereocenters. The van der Waals surface area contributed by atoms with Crippen molar-refractivity contribution < 1.29 is 9.47 Å². The van der Waals surface area contributed by atoms with E-state index in [1.54, 1.807) is 11.8 Å². The van der Waals surface area contributed by atoms with Gasteiger partial charge in [-0.1, -0.05) is 6.07 Å². The Morgan fingerprint density at radius 3 is 2.92 bits per heavy atom. The molecule has 2 aromatic rings. The van der Waals surface area contributed by atoms with Gasteiger partial charge in [0.1, 0.15) is 24.4 Å². The van der Waals surface area contributed by atoms with Crippen LogP contribution in [0.3, 0.4) is 0 Å². The van der Waals surface area contributed by atoms with Crippen molar-refractivity contribution in [2.45, 2.75) is 19.9 Å². The van der Waals surface area contributed by atoms with E-state index in [-0.39, 0.29) is 0 Å². The molecule has 0 aliphatic heterocycles. The van der Waals surface area contributed by atoms with Crippen LogP contribution in [0.2, 0.25) is 0 Å². The number of aliphatic imine (C=N–C) groups is 1. The molecule has 0 bridgehead atoms. The van der Waals surface area contributed by atoms with Gasteiger partial charge in [0.15, 0.2) is 5.96 Å². The molecule has 0 aliphatic rings. The summed E-state index contributed by atoms with van der Waals surface area (Å²) in [5.74, 6) is 2.29. The molecule has 0 radical (unpaired) electrons. The number of ether oxygens (including phenoxy) is 2. The highest BCUT2D eigenvalue weighted by Crippen LogP contribution is 2.17. The number of methoxy groups -OCH3 is 1. The van der Waals surface area contributed by atoms with Gasteiger partial charge in [0.05, 0.1) is 6.61 Å². The lowest BCUT2D eigenvalue weighted by atomic mass is 10.3. The van der Waals surface area contributed by atoms with Crippen LogP contribution in [0.4, 0.5) is 5.69 Å². The number of nitrogens with one attached hydrogen (secondary N) is 2. The number of rotatable bonds is 9. The summed E-state index contributed by atoms with van der Waals surface area (Å²) in [5, 5.41) is 10.5. The summed E-state index contributed by atoms with van der Waals surface area (Å²) in [6, 6.07) is 7.79. The Labute approximate surface area is 148 Å². The average molecular weight is 346 g/mol. The summed E-state index contributed by atoms with van der Waals surface area (Å²) in [5.41, 5.74) is 0.905. The minimum absolute atomic E-state index is 0.443. The Balaban J connectivity index is 1.97. The number of anilines is 1. The highest BCUT2D eigenvalue weighted by Gasteiger charge is 2.03. The molecule has 0 fully saturated rings. The molecule has 8 nitrogen and oxygen atoms in total. The maximum Gasteiger partial charge on any atom is 0.196 e. The van der Waals surface area contributed by atoms with Crippen LogP contribution in [0.1, 0.15) is 19.2 Å². The maximum atomic E-state index is 5.72. The predicted octanol–water partition coefficient (Wildman–Crippen LogP) is 1.81. The highest BCUT2D eigenvalue weighted by molar-refractivity contribution is 5.93. The topological polar surface area (TPSA) is 85.6 Å². The van der Waals surface area contributed by atoms with Crippen LogP contribution in [0.5, 0.6) is 5.75 Å². The fraction of sp³-hybridized carbons (Fsp3) is 0.471. The third-order valence-corrected chi connectivity index (χ3v) is 3.39. The van der Waals surface area contributed by atoms with E-state index >= 15 is 0 Å². The Morgan fingerprint density at radius 1 is 1.32 bits per heavy atom. The standard InChI is InChI=1S/C17H26N6O2/c1-4-18-17(19-12-16-20-13-21-23(16)2)22-14-7-5-8-15(11-14)25-10-6-9-24-3/h5,7-8,11,13H,4,6,9-10,12H2,1-3H3,(H2,18,19,22). The zero-order chi connectivity index (χ0) is 17.9. The molecule has 0 saturated heterocycles. The van der Waals surface area contributed by atoms with Gasteiger partial charge < -0.3 is 20.1 Å². The normalized spacial score (nSPS) is 11.4. The summed E-state index contributed by atoms with van der Waals surface area (Å²) in [4.78, 5) is 8.72. The second kappa shape index (κ2) is 10.3. The van der Waals surface area contributed by atoms with Crippen molar-refractivity contribution >= 4 is 11.6 Å². The van der Waals surface area contributed by atoms with E-state index < -0.39 is 0 Å². The van der Waals surface area contributed by atoms with E-state index in [9.17, 15) is 0 Å². The Bertz CT molecular complexity index is 671. The van der Waals surface area contributed by atoms with Gasteiger partial charge in [0.25, 0.3) is 0 Å². The average Bonchev–Trinajstić information content (AvgIpc) is 3.02. The van der Waals surface area contributed by atoms with Crippen molar-refractivity contribution in [1.82, 2.24) is 20.1 Å². The van der Waals surface area contributed by atoms with Crippen molar-refractivity contribution in [2.75, 3.05) is 32.2 Å². The van der Waals surface area contributed by atoms with E-state index in [2.05, 4.69) is 25.7 Å². The van der Waals surface area contributed by atoms with Crippen LogP contribution < -0.4 is 15.4 Å². The second-order valence-electron chi connectivity index (χ2n) is 5.34. The fourth-order valence-corrected chi connectivity index (χ4v) is 2.11. The molecule has 2 N–H and O–H groups in total. The van der Waals surface area contributed by atoms with Crippen molar-refractivity contribution in [2.24, 2.45) is 12.0 Å². The molecule has 0 amide bonds. The fourth-order valence-electron chi connectivity index (χ4n) is 2.11. The quantitative estimate of drug-likeness (QED) is 0.409. The Kier molecular flexibility index (Phi) is 7.71. The predicted molar refractivity (Wildman–Crippen MR) is 97.9 cm³/mol. The molecule has 0 saturated carbocycles. The van der Waals surface area contributed by atoms with Gasteiger partial charge in [0, 0.05) is 45.5 Å². The number of hydrogen-bond donors (Lipinski definition) is 2. The van der Waals surface area contributed by atoms with Gasteiger partial charge in [0.2, 0.25) is 0 Å². The zero-order valence-electron chi connectivity index (χ0n) is 15.0. The first-order valence-electron chi connectivity index (χ1n) is 8.33. The van der Waals surface area contributed by atoms with Crippen molar-refractivity contribution in [3.8, 4) is 5.75 Å². The molecule has 0 spiro atoms. The molecule has 1 aromatic heterocycles. The number of benzene rings is 1. The van der Waals surface area contributed by atoms with Crippen molar-refractivity contribution in [1.29, 1.82) is 0 Å². The van der Waals surface area contributed by atoms with Gasteiger partial charge in [-0.05, 0) is 19.1 Å². The molecule has 25 heavy (non-hydrogen) atoms. The Morgan fingerprint density at radius 2 is 2.20 bits per heavy atom. The van der Waals surface area contributed by atoms with Crippen LogP contribution in [0.15, 0.2) is 35.6 Å². The summed E-state index contributed by atoms with van der Waals surface area (Å²) < 4.78 is 12.5. The summed E-state index contributed by atoms with van der Waals surface area (Å²) in [6.45, 7) is 4.54. The number of aromatic nitrogens is 3. The summed E-state index contributed by atoms with van der Waals surface area (Å²) >= 11 is 0. The third kappa shape index (κ3) is 6.42. The summed E-state index contributed by atoms with van der Waals surface area (Å²) in [7, 11) is 3.54. The molecule has 8 heteroatoms. The van der Waals surface area contributed by atoms with Gasteiger partial charge in [-0.3, -0.25) is 4.68 Å². The van der Waals surface area contributed by atoms with Crippen LogP contribution >= 0.6 is 0 Å². The van der Waals surface area contributed by atoms with E-state index in [1.165, 1.54) is 6.33 Å². The van der Waals surface area contributed by atoms with E-state index in [0.717, 1.165) is 30.2 Å². The van der Waals surface area contributed by atoms with Crippen LogP contribution in [0, 0.1) is 0 Å². The van der Waals surface area contributed by atoms with Crippen LogP contribution in [0.25, 0.3) is 0 Å². The number of guanidine groups is 1. The lowest BCUT2D eigenvalue weighted by Gasteiger charge is -2.12. The lowest BCUT2D eigenvalue weighted by Crippen LogP contribution is -2.30. The van der Waals surface area contributed by atoms with E-state index in [1.807, 2.05) is 38.2 Å². The monoisotopic (exact) mass is 346 g/mol. The molecule has 0 aliphatic carbocycles. The first kappa shape index (κ1) is 18.7. The van der Waals surface area contributed by atoms with Gasteiger partial charge in [-0.25, -0.2) is 9.98 Å². The smallest absolute Gasteiger partial charge is 0.196 e. The van der Waals surface area contributed by atoms with E-state index in [4.69, 9.17) is 9.47 Å². The Hall–Kier alpha value is -2.61. The maximum absolute atomic E-state index is 5.72. The molecule has 1 heterocycles. The number of nitrogens with zero attached hydrogens (tertiary/aromatic N) is 4. The van der Waals surface area contributed by atoms with Gasteiger partial charge in [-0.15, -0.1) is 0 Å². The molecular formula is C17H26N6O2. The number of aryl methyl sites for hydroxylation is 1. The highest BCUT2D eigenvalue weighted by atomic mass is 16.5. The third-order valence-electron chi connectivity index (χ3n) is 3.39. The van der Waals surface area contributed by atoms with Crippen molar-refractivity contribution in [3.05, 3.63) is 36.4 Å². The van der Waals surface area contributed by atoms with Gasteiger partial charge >= 0.3 is 0 Å². The first-order chi connectivity index (χ1) is 12.2. The molecule has 136 valence electrons. The zero-order valence-corrected chi connectivity index (χ0v) is 15.0. The minimum atomic E-state index is 0.443. The van der Waals surface area contributed by atoms with Crippen LogP contribution in [-0.2, 0) is 18.3 Å². The molecule has 2 rings (SSSR count). The minimum Gasteiger partial charge on any atom is -0.493 e. The first-order valence-corrected chi connectivity index (χ1v) is 8.33. The lowest BCUT2D eigenvalue weighted by molar-refractivity contribution is 0.172. The van der Waals surface area contributed by atoms with Crippen molar-refractivity contribution in [3.63, 3.8) is 0 Å². The van der Waals surface area contributed by atoms with Gasteiger partial charge in [-0.2, -0.15) is 5.10 Å².